The number of nitrogens with one attached hydrogen (secondary N) is 1. The summed E-state index contributed by atoms with van der Waals surface area (Å²) in [5.74, 6) is -1.84. The zero-order chi connectivity index (χ0) is 24.4. The van der Waals surface area contributed by atoms with Crippen LogP contribution in [0.5, 0.6) is 0 Å². The van der Waals surface area contributed by atoms with Gasteiger partial charge in [-0.3, -0.25) is 14.3 Å². The first-order chi connectivity index (χ1) is 16.3. The summed E-state index contributed by atoms with van der Waals surface area (Å²) in [6, 6.07) is 14.3. The normalized spacial score (nSPS) is 10.9. The molecule has 8 nitrogen and oxygen atoms in total. The number of amides is 2. The highest BCUT2D eigenvalue weighted by Crippen LogP contribution is 2.26. The van der Waals surface area contributed by atoms with Crippen molar-refractivity contribution in [1.82, 2.24) is 14.8 Å². The van der Waals surface area contributed by atoms with Gasteiger partial charge in [-0.2, -0.15) is 10.4 Å². The zero-order valence-electron chi connectivity index (χ0n) is 18.5. The largest absolute Gasteiger partial charge is 0.366 e. The fourth-order valence-electron chi connectivity index (χ4n) is 3.79. The van der Waals surface area contributed by atoms with Crippen molar-refractivity contribution in [3.8, 4) is 6.07 Å². The number of fused-ring (bicyclic) bond motifs is 1. The smallest absolute Gasteiger partial charge is 0.274 e. The molecule has 34 heavy (non-hydrogen) atoms. The van der Waals surface area contributed by atoms with Crippen LogP contribution in [0.3, 0.4) is 0 Å². The molecule has 0 radical (unpaired) electrons. The number of nitriles is 1. The molecule has 0 aliphatic rings. The van der Waals surface area contributed by atoms with Crippen molar-refractivity contribution in [3.05, 3.63) is 88.6 Å². The van der Waals surface area contributed by atoms with Crippen LogP contribution in [0.2, 0.25) is 0 Å². The van der Waals surface area contributed by atoms with Crippen molar-refractivity contribution >= 4 is 28.4 Å². The van der Waals surface area contributed by atoms with Crippen molar-refractivity contribution in [3.63, 3.8) is 0 Å². The summed E-state index contributed by atoms with van der Waals surface area (Å²) in [6.45, 7) is 4.41. The van der Waals surface area contributed by atoms with E-state index in [1.165, 1.54) is 18.2 Å². The lowest BCUT2D eigenvalue weighted by atomic mass is 10.1. The lowest BCUT2D eigenvalue weighted by molar-refractivity contribution is 0.100. The minimum absolute atomic E-state index is 0.0241. The Morgan fingerprint density at radius 2 is 1.91 bits per heavy atom. The minimum atomic E-state index is -0.744. The third-order valence-corrected chi connectivity index (χ3v) is 5.36. The lowest BCUT2D eigenvalue weighted by Crippen LogP contribution is -2.18. The highest BCUT2D eigenvalue weighted by atomic mass is 19.1. The minimum Gasteiger partial charge on any atom is -0.366 e. The molecule has 0 atom stereocenters. The topological polar surface area (TPSA) is 127 Å². The molecule has 2 amide bonds. The second kappa shape index (κ2) is 9.11. The van der Waals surface area contributed by atoms with Gasteiger partial charge in [-0.05, 0) is 41.8 Å². The van der Waals surface area contributed by atoms with Gasteiger partial charge in [-0.25, -0.2) is 9.37 Å². The third kappa shape index (κ3) is 4.47. The number of benzene rings is 2. The van der Waals surface area contributed by atoms with Gasteiger partial charge in [0.25, 0.3) is 5.91 Å². The molecule has 4 aromatic rings. The van der Waals surface area contributed by atoms with Crippen LogP contribution in [0.25, 0.3) is 10.9 Å². The standard InChI is InChI=1S/C25H21FN6O2/c1-14(2)23-22(12-29-32(23)13-16-5-3-15(11-27)4-6-16)31-25(34)21-10-19(24(28)33)18-8-7-17(26)9-20(18)30-21/h3-10,12,14H,13H2,1-2H3,(H2,28,33)(H,31,34). The first-order valence-electron chi connectivity index (χ1n) is 10.5. The zero-order valence-corrected chi connectivity index (χ0v) is 18.5. The molecule has 0 saturated heterocycles. The summed E-state index contributed by atoms with van der Waals surface area (Å²) < 4.78 is 15.5. The van der Waals surface area contributed by atoms with Crippen molar-refractivity contribution < 1.29 is 14.0 Å². The lowest BCUT2D eigenvalue weighted by Gasteiger charge is -2.14. The van der Waals surface area contributed by atoms with Gasteiger partial charge in [-0.15, -0.1) is 0 Å². The molecule has 2 heterocycles. The molecule has 0 fully saturated rings. The van der Waals surface area contributed by atoms with Gasteiger partial charge in [0.1, 0.15) is 11.5 Å². The SMILES string of the molecule is CC(C)c1c(NC(=O)c2cc(C(N)=O)c3ccc(F)cc3n2)cnn1Cc1ccc(C#N)cc1. The van der Waals surface area contributed by atoms with Crippen molar-refractivity contribution in [2.24, 2.45) is 5.73 Å². The number of primary amides is 1. The van der Waals surface area contributed by atoms with E-state index in [1.807, 2.05) is 26.0 Å². The summed E-state index contributed by atoms with van der Waals surface area (Å²) in [4.78, 5) is 29.2. The average molecular weight is 456 g/mol. The molecule has 0 unspecified atom stereocenters. The van der Waals surface area contributed by atoms with Gasteiger partial charge in [0.05, 0.1) is 46.8 Å². The fourth-order valence-corrected chi connectivity index (χ4v) is 3.79. The average Bonchev–Trinajstić information content (AvgIpc) is 3.20. The molecule has 0 saturated carbocycles. The molecule has 0 bridgehead atoms. The molecule has 170 valence electrons. The molecule has 2 aromatic carbocycles. The van der Waals surface area contributed by atoms with Crippen LogP contribution in [0.4, 0.5) is 10.1 Å². The number of halogens is 1. The molecule has 9 heteroatoms. The van der Waals surface area contributed by atoms with Gasteiger partial charge in [-0.1, -0.05) is 26.0 Å². The molecule has 0 aliphatic carbocycles. The number of pyridine rings is 1. The van der Waals surface area contributed by atoms with Crippen LogP contribution in [0, 0.1) is 17.1 Å². The number of nitrogens with two attached hydrogens (primary N) is 1. The Kier molecular flexibility index (Phi) is 6.06. The Bertz CT molecular complexity index is 1450. The summed E-state index contributed by atoms with van der Waals surface area (Å²) in [5, 5.41) is 16.6. The second-order valence-corrected chi connectivity index (χ2v) is 8.10. The first-order valence-corrected chi connectivity index (χ1v) is 10.5. The molecule has 0 spiro atoms. The number of hydrogen-bond acceptors (Lipinski definition) is 5. The fraction of sp³-hybridized carbons (Fsp3) is 0.160. The van der Waals surface area contributed by atoms with E-state index in [9.17, 15) is 14.0 Å². The molecule has 2 aromatic heterocycles. The number of hydrogen-bond donors (Lipinski definition) is 2. The highest BCUT2D eigenvalue weighted by Gasteiger charge is 2.20. The van der Waals surface area contributed by atoms with Crippen LogP contribution in [-0.4, -0.2) is 26.6 Å². The Morgan fingerprint density at radius 1 is 1.18 bits per heavy atom. The van der Waals surface area contributed by atoms with E-state index in [2.05, 4.69) is 21.5 Å². The summed E-state index contributed by atoms with van der Waals surface area (Å²) >= 11 is 0. The molecular formula is C25H21FN6O2. The maximum absolute atomic E-state index is 13.7. The van der Waals surface area contributed by atoms with Gasteiger partial charge in [0.2, 0.25) is 5.91 Å². The van der Waals surface area contributed by atoms with Gasteiger partial charge in [0.15, 0.2) is 0 Å². The van der Waals surface area contributed by atoms with Gasteiger partial charge in [0, 0.05) is 11.5 Å². The monoisotopic (exact) mass is 456 g/mol. The maximum atomic E-state index is 13.7. The van der Waals surface area contributed by atoms with E-state index >= 15 is 0 Å². The number of carbonyl (C=O) groups is 2. The number of carbonyl (C=O) groups excluding carboxylic acids is 2. The quantitative estimate of drug-likeness (QED) is 0.454. The third-order valence-electron chi connectivity index (χ3n) is 5.36. The van der Waals surface area contributed by atoms with Crippen LogP contribution in [-0.2, 0) is 6.54 Å². The molecular weight excluding hydrogens is 435 g/mol. The Morgan fingerprint density at radius 3 is 2.56 bits per heavy atom. The molecule has 4 rings (SSSR count). The van der Waals surface area contributed by atoms with Gasteiger partial charge >= 0.3 is 0 Å². The van der Waals surface area contributed by atoms with Crippen LogP contribution in [0.1, 0.15) is 57.4 Å². The van der Waals surface area contributed by atoms with Crippen LogP contribution < -0.4 is 11.1 Å². The van der Waals surface area contributed by atoms with Crippen molar-refractivity contribution in [2.45, 2.75) is 26.3 Å². The summed E-state index contributed by atoms with van der Waals surface area (Å²) in [6.07, 6.45) is 1.55. The van der Waals surface area contributed by atoms with E-state index in [4.69, 9.17) is 11.0 Å². The van der Waals surface area contributed by atoms with Crippen LogP contribution in [0.15, 0.2) is 54.7 Å². The number of aromatic nitrogens is 3. The van der Waals surface area contributed by atoms with E-state index in [1.54, 1.807) is 23.0 Å². The second-order valence-electron chi connectivity index (χ2n) is 8.10. The summed E-state index contributed by atoms with van der Waals surface area (Å²) in [7, 11) is 0. The van der Waals surface area contributed by atoms with Gasteiger partial charge < -0.3 is 11.1 Å². The van der Waals surface area contributed by atoms with E-state index in [0.717, 1.165) is 17.3 Å². The van der Waals surface area contributed by atoms with E-state index < -0.39 is 17.6 Å². The predicted octanol–water partition coefficient (Wildman–Crippen LogP) is 3.96. The maximum Gasteiger partial charge on any atom is 0.274 e. The van der Waals surface area contributed by atoms with Crippen molar-refractivity contribution in [2.75, 3.05) is 5.32 Å². The number of anilines is 1. The van der Waals surface area contributed by atoms with Crippen LogP contribution >= 0.6 is 0 Å². The molecule has 3 N–H and O–H groups in total. The first kappa shape index (κ1) is 22.6. The molecule has 0 aliphatic heterocycles. The number of nitrogens with zero attached hydrogens (tertiary/aromatic N) is 4. The Labute approximate surface area is 194 Å². The highest BCUT2D eigenvalue weighted by molar-refractivity contribution is 6.10. The number of rotatable bonds is 6. The van der Waals surface area contributed by atoms with E-state index in [-0.39, 0.29) is 22.7 Å². The predicted molar refractivity (Wildman–Crippen MR) is 125 cm³/mol. The Balaban J connectivity index is 1.66. The Hall–Kier alpha value is -4.58. The van der Waals surface area contributed by atoms with Crippen molar-refractivity contribution in [1.29, 1.82) is 5.26 Å². The van der Waals surface area contributed by atoms with E-state index in [0.29, 0.717) is 23.2 Å². The summed E-state index contributed by atoms with van der Waals surface area (Å²) in [5.41, 5.74) is 8.45.